The van der Waals surface area contributed by atoms with E-state index in [0.29, 0.717) is 0 Å². The minimum atomic E-state index is -0.185. The molecule has 1 atom stereocenters. The number of carbonyl (C=O) groups excluding carboxylic acids is 1. The fourth-order valence-electron chi connectivity index (χ4n) is 0.832. The van der Waals surface area contributed by atoms with Crippen molar-refractivity contribution in [2.75, 3.05) is 6.61 Å². The lowest BCUT2D eigenvalue weighted by atomic mass is 10.2. The largest absolute Gasteiger partial charge is 0.370 e. The van der Waals surface area contributed by atoms with Crippen molar-refractivity contribution in [3.05, 3.63) is 6.92 Å². The van der Waals surface area contributed by atoms with Crippen LogP contribution < -0.4 is 0 Å². The summed E-state index contributed by atoms with van der Waals surface area (Å²) in [6, 6.07) is 0. The lowest BCUT2D eigenvalue weighted by molar-refractivity contribution is -0.123. The van der Waals surface area contributed by atoms with Crippen LogP contribution in [0.15, 0.2) is 0 Å². The first-order valence-electron chi connectivity index (χ1n) is 2.78. The molecule has 2 heteroatoms. The minimum absolute atomic E-state index is 0.0810. The van der Waals surface area contributed by atoms with Crippen LogP contribution in [0.1, 0.15) is 12.8 Å². The molecule has 0 aromatic rings. The van der Waals surface area contributed by atoms with Crippen molar-refractivity contribution in [1.29, 1.82) is 0 Å². The monoisotopic (exact) mass is 113 g/mol. The number of hydrogen-bond donors (Lipinski definition) is 0. The van der Waals surface area contributed by atoms with Gasteiger partial charge in [-0.05, 0) is 12.8 Å². The van der Waals surface area contributed by atoms with Crippen LogP contribution in [-0.2, 0) is 9.53 Å². The zero-order chi connectivity index (χ0) is 5.98. The molecule has 1 aliphatic rings. The molecule has 0 spiro atoms. The van der Waals surface area contributed by atoms with Crippen molar-refractivity contribution in [2.24, 2.45) is 0 Å². The smallest absolute Gasteiger partial charge is 0.161 e. The van der Waals surface area contributed by atoms with E-state index in [-0.39, 0.29) is 11.9 Å². The Hall–Kier alpha value is -0.370. The molecule has 0 saturated carbocycles. The Bertz CT molecular complexity index is 92.7. The predicted octanol–water partition coefficient (Wildman–Crippen LogP) is 0.569. The van der Waals surface area contributed by atoms with Crippen molar-refractivity contribution in [3.8, 4) is 0 Å². The summed E-state index contributed by atoms with van der Waals surface area (Å²) in [7, 11) is 0. The Morgan fingerprint density at radius 2 is 2.50 bits per heavy atom. The Labute approximate surface area is 48.8 Å². The molecule has 1 radical (unpaired) electrons. The maximum atomic E-state index is 10.4. The van der Waals surface area contributed by atoms with E-state index >= 15 is 0 Å². The average Bonchev–Trinajstić information content (AvgIpc) is 2.12. The van der Waals surface area contributed by atoms with Gasteiger partial charge in [-0.15, -0.1) is 0 Å². The zero-order valence-corrected chi connectivity index (χ0v) is 4.72. The summed E-state index contributed by atoms with van der Waals surface area (Å²) in [5, 5.41) is 0. The Morgan fingerprint density at radius 1 is 1.75 bits per heavy atom. The third kappa shape index (κ3) is 1.07. The second-order valence-corrected chi connectivity index (χ2v) is 1.97. The molecule has 1 saturated heterocycles. The van der Waals surface area contributed by atoms with Crippen molar-refractivity contribution in [2.45, 2.75) is 18.9 Å². The summed E-state index contributed by atoms with van der Waals surface area (Å²) in [6.45, 7) is 3.98. The van der Waals surface area contributed by atoms with Gasteiger partial charge in [-0.2, -0.15) is 0 Å². The number of carbonyl (C=O) groups is 1. The van der Waals surface area contributed by atoms with E-state index in [1.165, 1.54) is 0 Å². The molecule has 0 N–H and O–H groups in total. The molecule has 0 aromatic heterocycles. The second-order valence-electron chi connectivity index (χ2n) is 1.97. The molecule has 0 aromatic carbocycles. The molecule has 0 aliphatic carbocycles. The van der Waals surface area contributed by atoms with Crippen LogP contribution in [0, 0.1) is 6.92 Å². The van der Waals surface area contributed by atoms with Crippen LogP contribution in [0.3, 0.4) is 0 Å². The van der Waals surface area contributed by atoms with Crippen LogP contribution in [0.4, 0.5) is 0 Å². The summed E-state index contributed by atoms with van der Waals surface area (Å²) in [4.78, 5) is 10.4. The zero-order valence-electron chi connectivity index (χ0n) is 4.72. The molecule has 1 unspecified atom stereocenters. The van der Waals surface area contributed by atoms with Gasteiger partial charge in [0.05, 0.1) is 0 Å². The summed E-state index contributed by atoms with van der Waals surface area (Å²) >= 11 is 0. The highest BCUT2D eigenvalue weighted by atomic mass is 16.5. The highest BCUT2D eigenvalue weighted by Crippen LogP contribution is 2.11. The normalized spacial score (nSPS) is 28.4. The van der Waals surface area contributed by atoms with Crippen molar-refractivity contribution < 1.29 is 9.53 Å². The van der Waals surface area contributed by atoms with Crippen LogP contribution in [0.5, 0.6) is 0 Å². The van der Waals surface area contributed by atoms with E-state index in [0.717, 1.165) is 19.4 Å². The molecule has 8 heavy (non-hydrogen) atoms. The molecular weight excluding hydrogens is 104 g/mol. The predicted molar refractivity (Wildman–Crippen MR) is 29.3 cm³/mol. The van der Waals surface area contributed by atoms with Gasteiger partial charge in [0.1, 0.15) is 6.10 Å². The number of Topliss-reactive ketones (excluding diaryl/α,β-unsaturated/α-hetero) is 1. The van der Waals surface area contributed by atoms with Gasteiger partial charge in [0, 0.05) is 13.5 Å². The summed E-state index contributed by atoms with van der Waals surface area (Å²) in [5.41, 5.74) is 0. The van der Waals surface area contributed by atoms with Gasteiger partial charge >= 0.3 is 0 Å². The quantitative estimate of drug-likeness (QED) is 0.497. The molecule has 45 valence electrons. The Kier molecular flexibility index (Phi) is 1.63. The Morgan fingerprint density at radius 3 is 2.75 bits per heavy atom. The average molecular weight is 113 g/mol. The first kappa shape index (κ1) is 5.76. The third-order valence-electron chi connectivity index (χ3n) is 1.29. The van der Waals surface area contributed by atoms with Gasteiger partial charge in [0.2, 0.25) is 0 Å². The standard InChI is InChI=1S/C6H9O2/c1-5(7)6-3-2-4-8-6/h6H,1-4H2. The lowest BCUT2D eigenvalue weighted by Gasteiger charge is -2.00. The number of rotatable bonds is 1. The maximum absolute atomic E-state index is 10.4. The lowest BCUT2D eigenvalue weighted by Crippen LogP contribution is -2.15. The summed E-state index contributed by atoms with van der Waals surface area (Å²) in [5.74, 6) is -0.0810. The second kappa shape index (κ2) is 2.27. The highest BCUT2D eigenvalue weighted by molar-refractivity contribution is 5.87. The highest BCUT2D eigenvalue weighted by Gasteiger charge is 2.18. The van der Waals surface area contributed by atoms with Crippen LogP contribution >= 0.6 is 0 Å². The van der Waals surface area contributed by atoms with Gasteiger partial charge in [-0.25, -0.2) is 0 Å². The molecule has 0 amide bonds. The minimum Gasteiger partial charge on any atom is -0.370 e. The van der Waals surface area contributed by atoms with Crippen LogP contribution in [0.25, 0.3) is 0 Å². The molecule has 1 aliphatic heterocycles. The van der Waals surface area contributed by atoms with Crippen LogP contribution in [-0.4, -0.2) is 18.5 Å². The number of ether oxygens (including phenoxy) is 1. The van der Waals surface area contributed by atoms with Crippen LogP contribution in [0.2, 0.25) is 0 Å². The molecule has 0 bridgehead atoms. The third-order valence-corrected chi connectivity index (χ3v) is 1.29. The van der Waals surface area contributed by atoms with Gasteiger partial charge in [0.25, 0.3) is 0 Å². The molecule has 1 heterocycles. The first-order chi connectivity index (χ1) is 3.80. The van der Waals surface area contributed by atoms with Crippen molar-refractivity contribution in [3.63, 3.8) is 0 Å². The van der Waals surface area contributed by atoms with Crippen molar-refractivity contribution in [1.82, 2.24) is 0 Å². The summed E-state index contributed by atoms with van der Waals surface area (Å²) < 4.78 is 5.00. The van der Waals surface area contributed by atoms with Gasteiger partial charge in [-0.3, -0.25) is 4.79 Å². The van der Waals surface area contributed by atoms with Gasteiger partial charge in [0.15, 0.2) is 5.78 Å². The maximum Gasteiger partial charge on any atom is 0.161 e. The van der Waals surface area contributed by atoms with E-state index in [1.54, 1.807) is 0 Å². The van der Waals surface area contributed by atoms with E-state index < -0.39 is 0 Å². The molecule has 2 nitrogen and oxygen atoms in total. The fourth-order valence-corrected chi connectivity index (χ4v) is 0.832. The topological polar surface area (TPSA) is 26.3 Å². The summed E-state index contributed by atoms with van der Waals surface area (Å²) in [6.07, 6.45) is 1.68. The molecule has 1 rings (SSSR count). The number of ketones is 1. The fraction of sp³-hybridized carbons (Fsp3) is 0.667. The molecule has 1 fully saturated rings. The number of hydrogen-bond acceptors (Lipinski definition) is 2. The SMILES string of the molecule is [CH2]C(=O)C1CCCO1. The first-order valence-corrected chi connectivity index (χ1v) is 2.78. The van der Waals surface area contributed by atoms with Gasteiger partial charge in [-0.1, -0.05) is 0 Å². The van der Waals surface area contributed by atoms with E-state index in [4.69, 9.17) is 4.74 Å². The van der Waals surface area contributed by atoms with Crippen molar-refractivity contribution >= 4 is 5.78 Å². The van der Waals surface area contributed by atoms with E-state index in [2.05, 4.69) is 6.92 Å². The molecular formula is C6H9O2. The van der Waals surface area contributed by atoms with E-state index in [1.807, 2.05) is 0 Å². The Balaban J connectivity index is 2.35. The van der Waals surface area contributed by atoms with Gasteiger partial charge < -0.3 is 4.74 Å². The van der Waals surface area contributed by atoms with E-state index in [9.17, 15) is 4.79 Å².